The molecule has 9 heavy (non-hydrogen) atoms. The van der Waals surface area contributed by atoms with Gasteiger partial charge in [0.15, 0.2) is 0 Å². The molecule has 0 saturated heterocycles. The average Bonchev–Trinajstić information content (AvgIpc) is 1.82. The molecule has 0 radical (unpaired) electrons. The van der Waals surface area contributed by atoms with E-state index >= 15 is 0 Å². The third kappa shape index (κ3) is 2.20. The van der Waals surface area contributed by atoms with Gasteiger partial charge in [0.25, 0.3) is 6.08 Å². The highest BCUT2D eigenvalue weighted by Gasteiger charge is 2.06. The molecule has 0 aromatic heterocycles. The van der Waals surface area contributed by atoms with Gasteiger partial charge in [0.1, 0.15) is 0 Å². The summed E-state index contributed by atoms with van der Waals surface area (Å²) in [6, 6.07) is 0. The molecule has 0 fully saturated rings. The topological polar surface area (TPSA) is 87.0 Å². The van der Waals surface area contributed by atoms with Gasteiger partial charge >= 0.3 is 6.09 Å². The molecule has 0 aromatic rings. The zero-order valence-electron chi connectivity index (χ0n) is 4.14. The van der Waals surface area contributed by atoms with E-state index in [9.17, 15) is 14.4 Å². The van der Waals surface area contributed by atoms with Crippen LogP contribution in [0.25, 0.3) is 0 Å². The second-order valence-electron chi connectivity index (χ2n) is 0.924. The van der Waals surface area contributed by atoms with E-state index in [0.29, 0.717) is 0 Å². The lowest BCUT2D eigenvalue weighted by Gasteiger charge is -1.96. The van der Waals surface area contributed by atoms with E-state index in [1.165, 1.54) is 0 Å². The summed E-state index contributed by atoms with van der Waals surface area (Å²) in [5, 5.41) is 10.3. The zero-order valence-corrected chi connectivity index (χ0v) is 4.14. The van der Waals surface area contributed by atoms with Gasteiger partial charge in [-0.2, -0.15) is 0 Å². The number of imide groups is 1. The number of carbonyl (C=O) groups excluding carboxylic acids is 2. The third-order valence-electron chi connectivity index (χ3n) is 0.444. The third-order valence-corrected chi connectivity index (χ3v) is 0.444. The predicted octanol–water partition coefficient (Wildman–Crippen LogP) is -0.626. The number of carbonyl (C=O) groups is 2. The minimum absolute atomic E-state index is 0.0903. The lowest BCUT2D eigenvalue weighted by atomic mass is 11.0. The molecule has 0 heterocycles. The van der Waals surface area contributed by atoms with Crippen LogP contribution in [-0.4, -0.2) is 28.7 Å². The summed E-state index contributed by atoms with van der Waals surface area (Å²) in [6.45, 7) is 0. The molecule has 0 atom stereocenters. The Hall–Kier alpha value is -1.68. The van der Waals surface area contributed by atoms with Crippen LogP contribution in [0.3, 0.4) is 0 Å². The van der Waals surface area contributed by atoms with E-state index in [1.807, 2.05) is 0 Å². The van der Waals surface area contributed by atoms with Crippen molar-refractivity contribution in [3.63, 3.8) is 0 Å². The first kappa shape index (κ1) is 7.32. The van der Waals surface area contributed by atoms with Crippen molar-refractivity contribution in [3.8, 4) is 0 Å². The Morgan fingerprint density at radius 2 is 2.33 bits per heavy atom. The van der Waals surface area contributed by atoms with Crippen molar-refractivity contribution in [1.82, 2.24) is 5.01 Å². The van der Waals surface area contributed by atoms with Gasteiger partial charge in [-0.1, -0.05) is 5.10 Å². The molecule has 0 aromatic carbocycles. The van der Waals surface area contributed by atoms with Crippen LogP contribution in [0.5, 0.6) is 0 Å². The summed E-state index contributed by atoms with van der Waals surface area (Å²) in [6.07, 6.45) is -0.846. The fourth-order valence-electron chi connectivity index (χ4n) is 0.155. The Labute approximate surface area is 49.4 Å². The van der Waals surface area contributed by atoms with Crippen LogP contribution in [0.1, 0.15) is 0 Å². The van der Waals surface area contributed by atoms with Gasteiger partial charge in [-0.3, -0.25) is 4.79 Å². The highest BCUT2D eigenvalue weighted by Crippen LogP contribution is 1.80. The number of carboxylic acid groups (broad SMARTS) is 1. The molecule has 1 N–H and O–H groups in total. The number of rotatable bonds is 2. The molecule has 2 amide bonds. The molecule has 48 valence electrons. The van der Waals surface area contributed by atoms with Gasteiger partial charge < -0.3 is 5.11 Å². The molecule has 0 bridgehead atoms. The van der Waals surface area contributed by atoms with E-state index in [2.05, 4.69) is 5.10 Å². The summed E-state index contributed by atoms with van der Waals surface area (Å²) in [4.78, 5) is 28.7. The van der Waals surface area contributed by atoms with E-state index in [1.54, 1.807) is 0 Å². The molecular formula is C3H2N2O4. The van der Waals surface area contributed by atoms with Crippen LogP contribution in [0.4, 0.5) is 4.79 Å². The first-order valence-electron chi connectivity index (χ1n) is 1.77. The van der Waals surface area contributed by atoms with Crippen molar-refractivity contribution in [2.24, 2.45) is 5.10 Å². The predicted molar refractivity (Wildman–Crippen MR) is 24.0 cm³/mol. The van der Waals surface area contributed by atoms with Crippen LogP contribution in [0.15, 0.2) is 5.10 Å². The number of isocyanates is 1. The molecule has 0 rings (SSSR count). The van der Waals surface area contributed by atoms with Crippen molar-refractivity contribution in [1.29, 1.82) is 0 Å². The molecule has 0 aliphatic heterocycles. The standard InChI is InChI=1S/C3H2N2O4/c6-1-4-5(2-7)3(8)9/h2H,(H,8,9). The van der Waals surface area contributed by atoms with Crippen LogP contribution in [-0.2, 0) is 9.59 Å². The number of amides is 2. The second kappa shape index (κ2) is 3.34. The highest BCUT2D eigenvalue weighted by molar-refractivity contribution is 5.78. The van der Waals surface area contributed by atoms with E-state index in [4.69, 9.17) is 5.11 Å². The van der Waals surface area contributed by atoms with Gasteiger partial charge in [0, 0.05) is 0 Å². The number of nitrogens with zero attached hydrogens (tertiary/aromatic N) is 2. The molecule has 0 aliphatic rings. The molecule has 0 unspecified atom stereocenters. The summed E-state index contributed by atoms with van der Waals surface area (Å²) >= 11 is 0. The van der Waals surface area contributed by atoms with Gasteiger partial charge in [-0.15, -0.1) is 5.01 Å². The summed E-state index contributed by atoms with van der Waals surface area (Å²) in [5.74, 6) is 0. The van der Waals surface area contributed by atoms with Crippen molar-refractivity contribution in [2.45, 2.75) is 0 Å². The van der Waals surface area contributed by atoms with Crippen LogP contribution < -0.4 is 0 Å². The molecule has 6 nitrogen and oxygen atoms in total. The lowest BCUT2D eigenvalue weighted by Crippen LogP contribution is -2.21. The Morgan fingerprint density at radius 1 is 1.78 bits per heavy atom. The molecule has 6 heteroatoms. The van der Waals surface area contributed by atoms with Crippen LogP contribution in [0, 0.1) is 0 Å². The van der Waals surface area contributed by atoms with Gasteiger partial charge in [0.2, 0.25) is 6.41 Å². The maximum atomic E-state index is 9.74. The van der Waals surface area contributed by atoms with E-state index in [-0.39, 0.29) is 11.4 Å². The average molecular weight is 130 g/mol. The highest BCUT2D eigenvalue weighted by atomic mass is 16.4. The fraction of sp³-hybridized carbons (Fsp3) is 0. The molecule has 0 spiro atoms. The lowest BCUT2D eigenvalue weighted by molar-refractivity contribution is -0.116. The second-order valence-corrected chi connectivity index (χ2v) is 0.924. The minimum atomic E-state index is -1.62. The normalized spacial score (nSPS) is 7.11. The Bertz CT molecular complexity index is 169. The molecular weight excluding hydrogens is 128 g/mol. The number of hydrogen-bond acceptors (Lipinski definition) is 4. The molecule has 0 aliphatic carbocycles. The van der Waals surface area contributed by atoms with Crippen molar-refractivity contribution >= 4 is 18.6 Å². The number of hydrazone groups is 1. The van der Waals surface area contributed by atoms with Gasteiger partial charge in [-0.25, -0.2) is 9.59 Å². The van der Waals surface area contributed by atoms with Gasteiger partial charge in [0.05, 0.1) is 0 Å². The first-order valence-corrected chi connectivity index (χ1v) is 1.77. The molecule has 0 saturated carbocycles. The smallest absolute Gasteiger partial charge is 0.435 e. The first-order chi connectivity index (χ1) is 4.22. The summed E-state index contributed by atoms with van der Waals surface area (Å²) < 4.78 is 0. The minimum Gasteiger partial charge on any atom is -0.463 e. The van der Waals surface area contributed by atoms with Crippen LogP contribution >= 0.6 is 0 Å². The summed E-state index contributed by atoms with van der Waals surface area (Å²) in [7, 11) is 0. The fourth-order valence-corrected chi connectivity index (χ4v) is 0.155. The Balaban J connectivity index is 4.15. The van der Waals surface area contributed by atoms with E-state index in [0.717, 1.165) is 6.08 Å². The quantitative estimate of drug-likeness (QED) is 0.233. The number of hydrogen-bond donors (Lipinski definition) is 1. The Kier molecular flexibility index (Phi) is 2.72. The Morgan fingerprint density at radius 3 is 2.44 bits per heavy atom. The zero-order chi connectivity index (χ0) is 7.28. The van der Waals surface area contributed by atoms with Crippen molar-refractivity contribution in [2.75, 3.05) is 0 Å². The van der Waals surface area contributed by atoms with E-state index < -0.39 is 6.09 Å². The SMILES string of the molecule is O=C=NN(C=O)C(=O)O. The monoisotopic (exact) mass is 130 g/mol. The van der Waals surface area contributed by atoms with Crippen molar-refractivity contribution in [3.05, 3.63) is 0 Å². The maximum Gasteiger partial charge on any atom is 0.435 e. The summed E-state index contributed by atoms with van der Waals surface area (Å²) in [5.41, 5.74) is 0. The largest absolute Gasteiger partial charge is 0.463 e. The maximum absolute atomic E-state index is 9.74. The van der Waals surface area contributed by atoms with Gasteiger partial charge in [-0.05, 0) is 0 Å². The van der Waals surface area contributed by atoms with Crippen molar-refractivity contribution < 1.29 is 19.5 Å². The van der Waals surface area contributed by atoms with Crippen LogP contribution in [0.2, 0.25) is 0 Å².